The number of aromatic nitrogens is 2. The molecule has 1 N–H and O–H groups in total. The van der Waals surface area contributed by atoms with E-state index >= 15 is 0 Å². The summed E-state index contributed by atoms with van der Waals surface area (Å²) in [7, 11) is -3.80. The molecular weight excluding hydrogens is 430 g/mol. The molecule has 2 heterocycles. The highest BCUT2D eigenvalue weighted by molar-refractivity contribution is 7.90. The number of hydrogen-bond acceptors (Lipinski definition) is 5. The summed E-state index contributed by atoms with van der Waals surface area (Å²) >= 11 is 1.44. The van der Waals surface area contributed by atoms with Gasteiger partial charge in [0.05, 0.1) is 16.3 Å². The van der Waals surface area contributed by atoms with E-state index in [9.17, 15) is 13.2 Å². The number of fused-ring (bicyclic) bond motifs is 3. The van der Waals surface area contributed by atoms with Crippen molar-refractivity contribution in [2.24, 2.45) is 0 Å². The Morgan fingerprint density at radius 2 is 1.71 bits per heavy atom. The number of aryl methyl sites for hydroxylation is 1. The van der Waals surface area contributed by atoms with Crippen molar-refractivity contribution in [3.63, 3.8) is 0 Å². The average Bonchev–Trinajstić information content (AvgIpc) is 3.35. The van der Waals surface area contributed by atoms with E-state index in [1.54, 1.807) is 36.5 Å². The minimum absolute atomic E-state index is 0.180. The van der Waals surface area contributed by atoms with E-state index in [1.807, 2.05) is 30.3 Å². The van der Waals surface area contributed by atoms with Crippen LogP contribution in [0, 0.1) is 0 Å². The first-order chi connectivity index (χ1) is 14.9. The molecule has 5 rings (SSSR count). The number of carbonyl (C=O) groups is 1. The molecule has 4 aromatic rings. The summed E-state index contributed by atoms with van der Waals surface area (Å²) in [4.78, 5) is 17.4. The minimum atomic E-state index is -3.80. The van der Waals surface area contributed by atoms with Crippen LogP contribution in [-0.2, 0) is 27.7 Å². The largest absolute Gasteiger partial charge is 0.302 e. The third-order valence-corrected chi connectivity index (χ3v) is 7.97. The van der Waals surface area contributed by atoms with Crippen molar-refractivity contribution < 1.29 is 13.2 Å². The lowest BCUT2D eigenvalue weighted by atomic mass is 9.93. The van der Waals surface area contributed by atoms with Crippen LogP contribution in [0.3, 0.4) is 0 Å². The molecule has 0 bridgehead atoms. The number of anilines is 1. The van der Waals surface area contributed by atoms with Crippen molar-refractivity contribution in [2.45, 2.75) is 24.7 Å². The van der Waals surface area contributed by atoms with E-state index in [1.165, 1.54) is 22.2 Å². The Morgan fingerprint density at radius 3 is 2.39 bits per heavy atom. The van der Waals surface area contributed by atoms with Gasteiger partial charge in [0.1, 0.15) is 0 Å². The van der Waals surface area contributed by atoms with Crippen LogP contribution in [-0.4, -0.2) is 23.3 Å². The third-order valence-electron chi connectivity index (χ3n) is 5.26. The number of hydrogen-bond donors (Lipinski definition) is 1. The second-order valence-electron chi connectivity index (χ2n) is 7.32. The Kier molecular flexibility index (Phi) is 4.75. The molecular formula is C23H19N3O3S2. The highest BCUT2D eigenvalue weighted by Crippen LogP contribution is 2.44. The fourth-order valence-corrected chi connectivity index (χ4v) is 6.39. The summed E-state index contributed by atoms with van der Waals surface area (Å²) in [5.41, 5.74) is 4.00. The van der Waals surface area contributed by atoms with Gasteiger partial charge in [0.15, 0.2) is 5.13 Å². The molecule has 1 amide bonds. The molecule has 2 aromatic heterocycles. The van der Waals surface area contributed by atoms with E-state index in [4.69, 9.17) is 0 Å². The van der Waals surface area contributed by atoms with E-state index in [0.29, 0.717) is 17.2 Å². The van der Waals surface area contributed by atoms with Crippen molar-refractivity contribution in [1.29, 1.82) is 0 Å². The van der Waals surface area contributed by atoms with E-state index in [0.717, 1.165) is 33.7 Å². The first kappa shape index (κ1) is 19.7. The molecule has 0 saturated carbocycles. The number of benzene rings is 2. The number of nitrogens with one attached hydrogen (secondary N) is 1. The Hall–Kier alpha value is -3.23. The number of rotatable bonds is 4. The maximum absolute atomic E-state index is 13.6. The third kappa shape index (κ3) is 3.37. The van der Waals surface area contributed by atoms with Crippen molar-refractivity contribution in [3.8, 4) is 22.5 Å². The van der Waals surface area contributed by atoms with Gasteiger partial charge in [-0.1, -0.05) is 48.5 Å². The Labute approximate surface area is 184 Å². The van der Waals surface area contributed by atoms with Crippen LogP contribution in [0.4, 0.5) is 5.13 Å². The molecule has 0 saturated heterocycles. The first-order valence-corrected chi connectivity index (χ1v) is 12.1. The van der Waals surface area contributed by atoms with Crippen LogP contribution in [0.25, 0.3) is 22.5 Å². The van der Waals surface area contributed by atoms with Crippen LogP contribution < -0.4 is 5.32 Å². The fraction of sp³-hybridized carbons (Fsp3) is 0.130. The standard InChI is InChI=1S/C23H19N3O3S2/c1-15(27)24-23-25-21-19-14-26(31(28,29)17-10-6-3-7-11-17)22(16-8-4-2-5-9-16)18(19)12-13-20(21)30-23/h2-11,14H,12-13H2,1H3,(H,24,25,27). The molecule has 1 aliphatic carbocycles. The molecule has 0 fully saturated rings. The zero-order valence-corrected chi connectivity index (χ0v) is 18.3. The second kappa shape index (κ2) is 7.47. The van der Waals surface area contributed by atoms with Crippen LogP contribution in [0.1, 0.15) is 17.4 Å². The van der Waals surface area contributed by atoms with Crippen molar-refractivity contribution >= 4 is 32.4 Å². The molecule has 2 aromatic carbocycles. The Bertz CT molecular complexity index is 1390. The summed E-state index contributed by atoms with van der Waals surface area (Å²) in [6.45, 7) is 1.45. The lowest BCUT2D eigenvalue weighted by Crippen LogP contribution is -2.13. The van der Waals surface area contributed by atoms with Gasteiger partial charge in [-0.15, -0.1) is 11.3 Å². The zero-order chi connectivity index (χ0) is 21.6. The van der Waals surface area contributed by atoms with Gasteiger partial charge in [-0.05, 0) is 36.1 Å². The van der Waals surface area contributed by atoms with Gasteiger partial charge in [-0.3, -0.25) is 4.79 Å². The van der Waals surface area contributed by atoms with E-state index in [-0.39, 0.29) is 10.8 Å². The summed E-state index contributed by atoms with van der Waals surface area (Å²) < 4.78 is 28.6. The molecule has 156 valence electrons. The van der Waals surface area contributed by atoms with Crippen LogP contribution >= 0.6 is 11.3 Å². The normalized spacial score (nSPS) is 12.8. The average molecular weight is 450 g/mol. The van der Waals surface area contributed by atoms with Crippen molar-refractivity contribution in [3.05, 3.63) is 77.3 Å². The Morgan fingerprint density at radius 1 is 1.03 bits per heavy atom. The monoisotopic (exact) mass is 449 g/mol. The quantitative estimate of drug-likeness (QED) is 0.495. The molecule has 0 spiro atoms. The highest BCUT2D eigenvalue weighted by atomic mass is 32.2. The molecule has 0 radical (unpaired) electrons. The van der Waals surface area contributed by atoms with Gasteiger partial charge in [-0.2, -0.15) is 0 Å². The summed E-state index contributed by atoms with van der Waals surface area (Å²) in [5.74, 6) is -0.180. The lowest BCUT2D eigenvalue weighted by Gasteiger charge is -2.14. The van der Waals surface area contributed by atoms with E-state index in [2.05, 4.69) is 10.3 Å². The molecule has 8 heteroatoms. The van der Waals surface area contributed by atoms with Crippen LogP contribution in [0.5, 0.6) is 0 Å². The topological polar surface area (TPSA) is 81.1 Å². The molecule has 0 aliphatic heterocycles. The zero-order valence-electron chi connectivity index (χ0n) is 16.7. The molecule has 0 unspecified atom stereocenters. The van der Waals surface area contributed by atoms with Crippen LogP contribution in [0.2, 0.25) is 0 Å². The number of nitrogens with zero attached hydrogens (tertiary/aromatic N) is 2. The predicted molar refractivity (Wildman–Crippen MR) is 122 cm³/mol. The molecule has 0 atom stereocenters. The number of carbonyl (C=O) groups excluding carboxylic acids is 1. The first-order valence-electron chi connectivity index (χ1n) is 9.83. The smallest absolute Gasteiger partial charge is 0.268 e. The van der Waals surface area contributed by atoms with Gasteiger partial charge < -0.3 is 5.32 Å². The van der Waals surface area contributed by atoms with Gasteiger partial charge >= 0.3 is 0 Å². The van der Waals surface area contributed by atoms with E-state index < -0.39 is 10.0 Å². The summed E-state index contributed by atoms with van der Waals surface area (Å²) in [5, 5.41) is 3.28. The summed E-state index contributed by atoms with van der Waals surface area (Å²) in [6.07, 6.45) is 3.12. The van der Waals surface area contributed by atoms with Gasteiger partial charge in [-0.25, -0.2) is 17.4 Å². The SMILES string of the molecule is CC(=O)Nc1nc2c(s1)CCc1c-2cn(S(=O)(=O)c2ccccc2)c1-c1ccccc1. The Balaban J connectivity index is 1.75. The van der Waals surface area contributed by atoms with Crippen molar-refractivity contribution in [2.75, 3.05) is 5.32 Å². The highest BCUT2D eigenvalue weighted by Gasteiger charge is 2.31. The molecule has 6 nitrogen and oxygen atoms in total. The van der Waals surface area contributed by atoms with Gasteiger partial charge in [0.25, 0.3) is 10.0 Å². The van der Waals surface area contributed by atoms with Crippen LogP contribution in [0.15, 0.2) is 71.8 Å². The summed E-state index contributed by atoms with van der Waals surface area (Å²) in [6, 6.07) is 18.0. The fourth-order valence-electron chi connectivity index (χ4n) is 3.94. The van der Waals surface area contributed by atoms with Gasteiger partial charge in [0.2, 0.25) is 5.91 Å². The number of thiazole rings is 1. The lowest BCUT2D eigenvalue weighted by molar-refractivity contribution is -0.114. The number of amides is 1. The van der Waals surface area contributed by atoms with Gasteiger partial charge in [0, 0.05) is 23.6 Å². The van der Waals surface area contributed by atoms with Crippen molar-refractivity contribution in [1.82, 2.24) is 8.96 Å². The molecule has 31 heavy (non-hydrogen) atoms. The maximum atomic E-state index is 13.6. The second-order valence-corrected chi connectivity index (χ2v) is 10.2. The maximum Gasteiger partial charge on any atom is 0.268 e. The predicted octanol–water partition coefficient (Wildman–Crippen LogP) is 4.57. The minimum Gasteiger partial charge on any atom is -0.302 e. The molecule has 1 aliphatic rings.